The van der Waals surface area contributed by atoms with Crippen molar-refractivity contribution in [1.82, 2.24) is 5.32 Å². The number of rotatable bonds is 9. The fourth-order valence-corrected chi connectivity index (χ4v) is 2.77. The average Bonchev–Trinajstić information content (AvgIpc) is 2.65. The van der Waals surface area contributed by atoms with Crippen LogP contribution in [0.1, 0.15) is 51.8 Å². The predicted octanol–water partition coefficient (Wildman–Crippen LogP) is 4.58. The minimum atomic E-state index is -0.679. The van der Waals surface area contributed by atoms with Crippen molar-refractivity contribution in [1.29, 1.82) is 0 Å². The molecule has 148 valence electrons. The van der Waals surface area contributed by atoms with E-state index in [2.05, 4.69) is 27.5 Å². The number of anilines is 1. The minimum Gasteiger partial charge on any atom is -0.303 e. The number of Topliss-reactive ketones (excluding diaryl/α,β-unsaturated/α-hetero) is 1. The van der Waals surface area contributed by atoms with E-state index in [1.807, 2.05) is 6.21 Å². The second kappa shape index (κ2) is 12.3. The van der Waals surface area contributed by atoms with Crippen LogP contribution in [-0.2, 0) is 4.79 Å². The Morgan fingerprint density at radius 3 is 2.67 bits per heavy atom. The number of hydrogen-bond donors (Lipinski definition) is 2. The quantitative estimate of drug-likeness (QED) is 0.474. The number of nitrogens with one attached hydrogen (secondary N) is 2. The summed E-state index contributed by atoms with van der Waals surface area (Å²) < 4.78 is 14.3. The third kappa shape index (κ3) is 8.45. The number of carbonyl (C=O) groups excluding carboxylic acids is 2. The predicted molar refractivity (Wildman–Crippen MR) is 111 cm³/mol. The average molecular weight is 395 g/mol. The number of halogens is 1. The SMILES string of the molecule is CCC/C=N\C(NC)c1ccc(NC(=O)/N=C(/C)SCC(=O)CC)c(F)c1. The molecule has 2 N–H and O–H groups in total. The van der Waals surface area contributed by atoms with Crippen LogP contribution in [0.25, 0.3) is 0 Å². The van der Waals surface area contributed by atoms with Crippen LogP contribution in [-0.4, -0.2) is 35.9 Å². The smallest absolute Gasteiger partial charge is 0.303 e. The van der Waals surface area contributed by atoms with E-state index in [0.717, 1.165) is 12.8 Å². The first kappa shape index (κ1) is 23.0. The summed E-state index contributed by atoms with van der Waals surface area (Å²) in [4.78, 5) is 31.4. The maximum Gasteiger partial charge on any atom is 0.346 e. The normalized spacial score (nSPS) is 13.0. The van der Waals surface area contributed by atoms with Crippen LogP contribution in [0.15, 0.2) is 28.2 Å². The van der Waals surface area contributed by atoms with Gasteiger partial charge >= 0.3 is 6.03 Å². The fourth-order valence-electron chi connectivity index (χ4n) is 2.04. The molecule has 0 radical (unpaired) electrons. The molecule has 27 heavy (non-hydrogen) atoms. The summed E-state index contributed by atoms with van der Waals surface area (Å²) in [7, 11) is 1.75. The minimum absolute atomic E-state index is 0.0438. The second-order valence-electron chi connectivity index (χ2n) is 5.79. The molecule has 1 unspecified atom stereocenters. The van der Waals surface area contributed by atoms with Gasteiger partial charge in [0.05, 0.1) is 16.5 Å². The number of urea groups is 1. The molecule has 1 rings (SSSR count). The van der Waals surface area contributed by atoms with E-state index in [1.54, 1.807) is 27.0 Å². The van der Waals surface area contributed by atoms with Crippen molar-refractivity contribution in [2.45, 2.75) is 46.2 Å². The van der Waals surface area contributed by atoms with Crippen LogP contribution >= 0.6 is 11.8 Å². The Kier molecular flexibility index (Phi) is 10.5. The number of ketones is 1. The molecule has 0 fully saturated rings. The largest absolute Gasteiger partial charge is 0.346 e. The van der Waals surface area contributed by atoms with Gasteiger partial charge in [-0.3, -0.25) is 15.1 Å². The summed E-state index contributed by atoms with van der Waals surface area (Å²) in [6.45, 7) is 5.47. The van der Waals surface area contributed by atoms with Gasteiger partial charge < -0.3 is 5.32 Å². The van der Waals surface area contributed by atoms with Crippen LogP contribution in [0.2, 0.25) is 0 Å². The van der Waals surface area contributed by atoms with E-state index >= 15 is 0 Å². The number of amides is 2. The third-order valence-electron chi connectivity index (χ3n) is 3.59. The zero-order valence-electron chi connectivity index (χ0n) is 16.2. The molecule has 0 aromatic heterocycles. The van der Waals surface area contributed by atoms with Gasteiger partial charge in [0.15, 0.2) is 0 Å². The molecular formula is C19H27FN4O2S. The number of hydrogen-bond acceptors (Lipinski definition) is 5. The Bertz CT molecular complexity index is 707. The van der Waals surface area contributed by atoms with E-state index in [9.17, 15) is 14.0 Å². The Morgan fingerprint density at radius 2 is 2.07 bits per heavy atom. The molecule has 0 bridgehead atoms. The van der Waals surface area contributed by atoms with E-state index in [1.165, 1.54) is 23.9 Å². The highest BCUT2D eigenvalue weighted by molar-refractivity contribution is 8.14. The number of carbonyl (C=O) groups is 2. The Morgan fingerprint density at radius 1 is 1.33 bits per heavy atom. The van der Waals surface area contributed by atoms with Gasteiger partial charge in [-0.05, 0) is 38.1 Å². The Hall–Kier alpha value is -2.06. The summed E-state index contributed by atoms with van der Waals surface area (Å²) in [6, 6.07) is 3.85. The summed E-state index contributed by atoms with van der Waals surface area (Å²) in [5, 5.41) is 5.89. The first-order valence-electron chi connectivity index (χ1n) is 8.90. The van der Waals surface area contributed by atoms with Gasteiger partial charge in [0.25, 0.3) is 0 Å². The first-order chi connectivity index (χ1) is 12.9. The molecule has 1 aromatic carbocycles. The standard InChI is InChI=1S/C19H27FN4O2S/c1-5-7-10-22-18(21-4)14-8-9-17(16(20)11-14)24-19(26)23-13(3)27-12-15(25)6-2/h8-11,18,21H,5-7,12H2,1-4H3,(H,24,26)/b22-10-,23-13-. The van der Waals surface area contributed by atoms with Crippen LogP contribution in [0.5, 0.6) is 0 Å². The summed E-state index contributed by atoms with van der Waals surface area (Å²) >= 11 is 1.19. The van der Waals surface area contributed by atoms with E-state index < -0.39 is 11.8 Å². The van der Waals surface area contributed by atoms with E-state index in [-0.39, 0.29) is 23.4 Å². The highest BCUT2D eigenvalue weighted by atomic mass is 32.2. The first-order valence-corrected chi connectivity index (χ1v) is 9.88. The lowest BCUT2D eigenvalue weighted by Crippen LogP contribution is -2.15. The molecule has 8 heteroatoms. The molecule has 0 spiro atoms. The second-order valence-corrected chi connectivity index (χ2v) is 6.96. The van der Waals surface area contributed by atoms with Crippen LogP contribution in [0.4, 0.5) is 14.9 Å². The van der Waals surface area contributed by atoms with E-state index in [0.29, 0.717) is 17.0 Å². The maximum atomic E-state index is 14.3. The molecule has 1 atom stereocenters. The topological polar surface area (TPSA) is 82.9 Å². The summed E-state index contributed by atoms with van der Waals surface area (Å²) in [5.74, 6) is -0.211. The van der Waals surface area contributed by atoms with Crippen molar-refractivity contribution in [3.63, 3.8) is 0 Å². The molecule has 0 aliphatic rings. The van der Waals surface area contributed by atoms with Gasteiger partial charge in [-0.2, -0.15) is 4.99 Å². The zero-order valence-corrected chi connectivity index (χ0v) is 17.0. The number of benzene rings is 1. The van der Waals surface area contributed by atoms with Gasteiger partial charge in [-0.25, -0.2) is 9.18 Å². The summed E-state index contributed by atoms with van der Waals surface area (Å²) in [5.41, 5.74) is 0.705. The van der Waals surface area contributed by atoms with Crippen LogP contribution in [0.3, 0.4) is 0 Å². The highest BCUT2D eigenvalue weighted by Crippen LogP contribution is 2.21. The zero-order chi connectivity index (χ0) is 20.2. The molecule has 6 nitrogen and oxygen atoms in total. The molecule has 0 saturated carbocycles. The fraction of sp³-hybridized carbons (Fsp3) is 0.474. The lowest BCUT2D eigenvalue weighted by Gasteiger charge is -2.13. The number of unbranched alkanes of at least 4 members (excludes halogenated alkanes) is 1. The molecule has 0 saturated heterocycles. The molecule has 2 amide bonds. The van der Waals surface area contributed by atoms with E-state index in [4.69, 9.17) is 0 Å². The molecule has 0 heterocycles. The van der Waals surface area contributed by atoms with Crippen LogP contribution < -0.4 is 10.6 Å². The van der Waals surface area contributed by atoms with Crippen molar-refractivity contribution in [3.05, 3.63) is 29.6 Å². The number of thioether (sulfide) groups is 1. The lowest BCUT2D eigenvalue weighted by molar-refractivity contribution is -0.116. The van der Waals surface area contributed by atoms with Gasteiger partial charge in [0.1, 0.15) is 17.8 Å². The van der Waals surface area contributed by atoms with Gasteiger partial charge in [0.2, 0.25) is 0 Å². The van der Waals surface area contributed by atoms with Crippen molar-refractivity contribution in [3.8, 4) is 0 Å². The lowest BCUT2D eigenvalue weighted by atomic mass is 10.1. The van der Waals surface area contributed by atoms with Crippen LogP contribution in [0, 0.1) is 5.82 Å². The Balaban J connectivity index is 2.76. The third-order valence-corrected chi connectivity index (χ3v) is 4.57. The van der Waals surface area contributed by atoms with Crippen molar-refractivity contribution >= 4 is 40.5 Å². The molecule has 0 aliphatic heterocycles. The molecule has 1 aromatic rings. The highest BCUT2D eigenvalue weighted by Gasteiger charge is 2.12. The molecular weight excluding hydrogens is 367 g/mol. The van der Waals surface area contributed by atoms with Gasteiger partial charge in [-0.1, -0.05) is 26.3 Å². The Labute approximate surface area is 164 Å². The number of nitrogens with zero attached hydrogens (tertiary/aromatic N) is 2. The molecule has 0 aliphatic carbocycles. The number of aliphatic imine (C=N–C) groups is 2. The maximum absolute atomic E-state index is 14.3. The van der Waals surface area contributed by atoms with Gasteiger partial charge in [-0.15, -0.1) is 11.8 Å². The van der Waals surface area contributed by atoms with Crippen molar-refractivity contribution in [2.75, 3.05) is 18.1 Å². The van der Waals surface area contributed by atoms with Gasteiger partial charge in [0, 0.05) is 12.6 Å². The summed E-state index contributed by atoms with van der Waals surface area (Å²) in [6.07, 6.45) is 3.76. The van der Waals surface area contributed by atoms with Crippen molar-refractivity contribution < 1.29 is 14.0 Å². The monoisotopic (exact) mass is 394 g/mol. The van der Waals surface area contributed by atoms with Crippen molar-refractivity contribution in [2.24, 2.45) is 9.98 Å².